The molecule has 1 aromatic carbocycles. The van der Waals surface area contributed by atoms with Gasteiger partial charge in [-0.1, -0.05) is 24.3 Å². The Bertz CT molecular complexity index is 384. The van der Waals surface area contributed by atoms with Gasteiger partial charge in [-0.2, -0.15) is 0 Å². The van der Waals surface area contributed by atoms with Gasteiger partial charge in [-0.15, -0.1) is 0 Å². The van der Waals surface area contributed by atoms with E-state index in [1.807, 2.05) is 0 Å². The molecule has 1 aliphatic carbocycles. The molecule has 0 amide bonds. The van der Waals surface area contributed by atoms with E-state index >= 15 is 0 Å². The van der Waals surface area contributed by atoms with E-state index in [2.05, 4.69) is 62.1 Å². The highest BCUT2D eigenvalue weighted by Crippen LogP contribution is 2.32. The molecule has 0 bridgehead atoms. The molecule has 0 unspecified atom stereocenters. The summed E-state index contributed by atoms with van der Waals surface area (Å²) in [5.41, 5.74) is 2.95. The van der Waals surface area contributed by atoms with E-state index in [0.717, 1.165) is 0 Å². The first-order chi connectivity index (χ1) is 8.09. The molecule has 92 valence electrons. The smallest absolute Gasteiger partial charge is 0.0413 e. The van der Waals surface area contributed by atoms with Crippen LogP contribution < -0.4 is 4.90 Å². The van der Waals surface area contributed by atoms with Gasteiger partial charge < -0.3 is 4.90 Å². The van der Waals surface area contributed by atoms with Gasteiger partial charge in [-0.05, 0) is 58.6 Å². The van der Waals surface area contributed by atoms with Gasteiger partial charge in [-0.3, -0.25) is 0 Å². The SMILES string of the molecule is CC(C)(C)N(C1=CCCCC1)c1ccccc1. The van der Waals surface area contributed by atoms with E-state index in [9.17, 15) is 0 Å². The fraction of sp³-hybridized carbons (Fsp3) is 0.500. The van der Waals surface area contributed by atoms with Crippen LogP contribution in [-0.4, -0.2) is 5.54 Å². The molecule has 0 radical (unpaired) electrons. The molecule has 0 spiro atoms. The van der Waals surface area contributed by atoms with Gasteiger partial charge in [-0.25, -0.2) is 0 Å². The lowest BCUT2D eigenvalue weighted by Crippen LogP contribution is -2.41. The predicted octanol–water partition coefficient (Wildman–Crippen LogP) is 4.75. The van der Waals surface area contributed by atoms with Crippen molar-refractivity contribution in [3.63, 3.8) is 0 Å². The minimum absolute atomic E-state index is 0.143. The van der Waals surface area contributed by atoms with E-state index in [0.29, 0.717) is 0 Å². The maximum Gasteiger partial charge on any atom is 0.0413 e. The summed E-state index contributed by atoms with van der Waals surface area (Å²) in [6, 6.07) is 10.7. The van der Waals surface area contributed by atoms with Crippen LogP contribution in [0, 0.1) is 0 Å². The molecule has 1 heteroatoms. The van der Waals surface area contributed by atoms with Gasteiger partial charge in [0.15, 0.2) is 0 Å². The molecule has 1 aliphatic rings. The highest BCUT2D eigenvalue weighted by Gasteiger charge is 2.25. The molecule has 0 N–H and O–H groups in total. The number of benzene rings is 1. The largest absolute Gasteiger partial charge is 0.340 e. The standard InChI is InChI=1S/C16H23N/c1-16(2,3)17(14-10-6-4-7-11-14)15-12-8-5-9-13-15/h4,6-7,10-12H,5,8-9,13H2,1-3H3. The fourth-order valence-electron chi connectivity index (χ4n) is 2.59. The molecule has 0 aliphatic heterocycles. The first kappa shape index (κ1) is 12.2. The van der Waals surface area contributed by atoms with E-state index in [-0.39, 0.29) is 5.54 Å². The summed E-state index contributed by atoms with van der Waals surface area (Å²) in [4.78, 5) is 2.49. The lowest BCUT2D eigenvalue weighted by molar-refractivity contribution is 0.517. The van der Waals surface area contributed by atoms with Gasteiger partial charge in [0, 0.05) is 16.9 Å². The molecular formula is C16H23N. The molecule has 0 fully saturated rings. The fourth-order valence-corrected chi connectivity index (χ4v) is 2.59. The Kier molecular flexibility index (Phi) is 3.56. The van der Waals surface area contributed by atoms with Crippen LogP contribution in [0.5, 0.6) is 0 Å². The lowest BCUT2D eigenvalue weighted by atomic mass is 9.97. The van der Waals surface area contributed by atoms with Gasteiger partial charge in [0.05, 0.1) is 0 Å². The Morgan fingerprint density at radius 2 is 1.71 bits per heavy atom. The Balaban J connectivity index is 2.35. The first-order valence-electron chi connectivity index (χ1n) is 6.63. The number of allylic oxidation sites excluding steroid dienone is 2. The molecule has 0 atom stereocenters. The molecule has 0 saturated carbocycles. The lowest BCUT2D eigenvalue weighted by Gasteiger charge is -2.40. The van der Waals surface area contributed by atoms with Crippen molar-refractivity contribution in [2.75, 3.05) is 4.90 Å². The monoisotopic (exact) mass is 229 g/mol. The number of anilines is 1. The van der Waals surface area contributed by atoms with Crippen LogP contribution in [0.3, 0.4) is 0 Å². The minimum Gasteiger partial charge on any atom is -0.340 e. The molecular weight excluding hydrogens is 206 g/mol. The number of hydrogen-bond donors (Lipinski definition) is 0. The van der Waals surface area contributed by atoms with Crippen LogP contribution in [-0.2, 0) is 0 Å². The predicted molar refractivity (Wildman–Crippen MR) is 75.2 cm³/mol. The summed E-state index contributed by atoms with van der Waals surface area (Å²) >= 11 is 0. The number of nitrogens with zero attached hydrogens (tertiary/aromatic N) is 1. The van der Waals surface area contributed by atoms with Gasteiger partial charge in [0.2, 0.25) is 0 Å². The van der Waals surface area contributed by atoms with Gasteiger partial charge in [0.25, 0.3) is 0 Å². The average Bonchev–Trinajstić information content (AvgIpc) is 2.30. The third-order valence-electron chi connectivity index (χ3n) is 3.24. The van der Waals surface area contributed by atoms with Crippen molar-refractivity contribution in [3.05, 3.63) is 42.1 Å². The molecule has 17 heavy (non-hydrogen) atoms. The van der Waals surface area contributed by atoms with Crippen LogP contribution in [0.1, 0.15) is 46.5 Å². The molecule has 0 aromatic heterocycles. The Morgan fingerprint density at radius 1 is 1.00 bits per heavy atom. The quantitative estimate of drug-likeness (QED) is 0.707. The maximum atomic E-state index is 2.49. The number of rotatable bonds is 2. The normalized spacial score (nSPS) is 16.5. The zero-order valence-electron chi connectivity index (χ0n) is 11.2. The second-order valence-corrected chi connectivity index (χ2v) is 5.78. The van der Waals surface area contributed by atoms with Crippen molar-refractivity contribution in [2.45, 2.75) is 52.0 Å². The van der Waals surface area contributed by atoms with E-state index in [1.165, 1.54) is 37.1 Å². The topological polar surface area (TPSA) is 3.24 Å². The van der Waals surface area contributed by atoms with Crippen LogP contribution in [0.2, 0.25) is 0 Å². The van der Waals surface area contributed by atoms with Crippen molar-refractivity contribution in [3.8, 4) is 0 Å². The van der Waals surface area contributed by atoms with Gasteiger partial charge >= 0.3 is 0 Å². The van der Waals surface area contributed by atoms with Crippen LogP contribution in [0.25, 0.3) is 0 Å². The zero-order valence-corrected chi connectivity index (χ0v) is 11.2. The van der Waals surface area contributed by atoms with E-state index in [4.69, 9.17) is 0 Å². The molecule has 2 rings (SSSR count). The third-order valence-corrected chi connectivity index (χ3v) is 3.24. The highest BCUT2D eigenvalue weighted by atomic mass is 15.2. The van der Waals surface area contributed by atoms with E-state index in [1.54, 1.807) is 0 Å². The maximum absolute atomic E-state index is 2.49. The van der Waals surface area contributed by atoms with Crippen molar-refractivity contribution in [2.24, 2.45) is 0 Å². The molecule has 0 heterocycles. The Morgan fingerprint density at radius 3 is 2.24 bits per heavy atom. The van der Waals surface area contributed by atoms with E-state index < -0.39 is 0 Å². The van der Waals surface area contributed by atoms with Gasteiger partial charge in [0.1, 0.15) is 0 Å². The Hall–Kier alpha value is -1.24. The van der Waals surface area contributed by atoms with Crippen LogP contribution in [0.4, 0.5) is 5.69 Å². The van der Waals surface area contributed by atoms with Crippen LogP contribution in [0.15, 0.2) is 42.1 Å². The zero-order chi connectivity index (χ0) is 12.3. The minimum atomic E-state index is 0.143. The Labute approximate surface area is 105 Å². The second kappa shape index (κ2) is 4.95. The van der Waals surface area contributed by atoms with Crippen LogP contribution >= 0.6 is 0 Å². The summed E-state index contributed by atoms with van der Waals surface area (Å²) in [6.07, 6.45) is 7.53. The molecule has 1 nitrogen and oxygen atoms in total. The number of hydrogen-bond acceptors (Lipinski definition) is 1. The first-order valence-corrected chi connectivity index (χ1v) is 6.63. The van der Waals surface area contributed by atoms with Crippen molar-refractivity contribution >= 4 is 5.69 Å². The summed E-state index contributed by atoms with van der Waals surface area (Å²) in [5, 5.41) is 0. The number of para-hydroxylation sites is 1. The molecule has 0 saturated heterocycles. The van der Waals surface area contributed by atoms with Crippen molar-refractivity contribution in [1.82, 2.24) is 0 Å². The van der Waals surface area contributed by atoms with Crippen molar-refractivity contribution < 1.29 is 0 Å². The van der Waals surface area contributed by atoms with Crippen molar-refractivity contribution in [1.29, 1.82) is 0 Å². The summed E-state index contributed by atoms with van der Waals surface area (Å²) < 4.78 is 0. The molecule has 1 aromatic rings. The summed E-state index contributed by atoms with van der Waals surface area (Å²) in [7, 11) is 0. The summed E-state index contributed by atoms with van der Waals surface area (Å²) in [5.74, 6) is 0. The highest BCUT2D eigenvalue weighted by molar-refractivity contribution is 5.54. The third kappa shape index (κ3) is 2.91. The second-order valence-electron chi connectivity index (χ2n) is 5.78. The average molecular weight is 229 g/mol. The summed E-state index contributed by atoms with van der Waals surface area (Å²) in [6.45, 7) is 6.86.